The average Bonchev–Trinajstić information content (AvgIpc) is 2.92. The van der Waals surface area contributed by atoms with Gasteiger partial charge in [-0.1, -0.05) is 26.0 Å². The molecule has 0 unspecified atom stereocenters. The lowest BCUT2D eigenvalue weighted by Gasteiger charge is -2.16. The summed E-state index contributed by atoms with van der Waals surface area (Å²) in [6.07, 6.45) is 0.726. The second kappa shape index (κ2) is 8.84. The molecule has 1 atom stereocenters. The van der Waals surface area contributed by atoms with Crippen LogP contribution in [-0.4, -0.2) is 33.6 Å². The summed E-state index contributed by atoms with van der Waals surface area (Å²) < 4.78 is 38.9. The van der Waals surface area contributed by atoms with Gasteiger partial charge in [-0.3, -0.25) is 4.79 Å². The Morgan fingerprint density at radius 2 is 1.72 bits per heavy atom. The summed E-state index contributed by atoms with van der Waals surface area (Å²) in [5, 5.41) is 2.76. The molecule has 1 aliphatic heterocycles. The van der Waals surface area contributed by atoms with Gasteiger partial charge < -0.3 is 14.8 Å². The van der Waals surface area contributed by atoms with Gasteiger partial charge in [0.15, 0.2) is 11.5 Å². The van der Waals surface area contributed by atoms with E-state index in [9.17, 15) is 13.2 Å². The molecular formula is C21H26N2O5S. The SMILES string of the molecule is CC(C)c1cccc(NC(=O)[C@H](C)NS(=O)(=O)c2ccc3c(c2)OCCCO3)c1. The number of carbonyl (C=O) groups is 1. The Labute approximate surface area is 171 Å². The maximum Gasteiger partial charge on any atom is 0.242 e. The zero-order chi connectivity index (χ0) is 21.0. The van der Waals surface area contributed by atoms with Crippen molar-refractivity contribution in [2.45, 2.75) is 44.0 Å². The molecule has 0 aromatic heterocycles. The summed E-state index contributed by atoms with van der Waals surface area (Å²) in [7, 11) is -3.91. The van der Waals surface area contributed by atoms with E-state index < -0.39 is 22.0 Å². The number of sulfonamides is 1. The smallest absolute Gasteiger partial charge is 0.242 e. The molecule has 1 amide bonds. The number of rotatable bonds is 6. The van der Waals surface area contributed by atoms with Gasteiger partial charge in [-0.05, 0) is 42.7 Å². The number of fused-ring (bicyclic) bond motifs is 1. The molecule has 29 heavy (non-hydrogen) atoms. The van der Waals surface area contributed by atoms with E-state index in [1.807, 2.05) is 18.2 Å². The number of hydrogen-bond acceptors (Lipinski definition) is 5. The highest BCUT2D eigenvalue weighted by molar-refractivity contribution is 7.89. The summed E-state index contributed by atoms with van der Waals surface area (Å²) in [6.45, 7) is 6.60. The fraction of sp³-hybridized carbons (Fsp3) is 0.381. The van der Waals surface area contributed by atoms with Crippen LogP contribution in [-0.2, 0) is 14.8 Å². The molecule has 0 fully saturated rings. The molecule has 8 heteroatoms. The Hall–Kier alpha value is -2.58. The number of hydrogen-bond donors (Lipinski definition) is 2. The van der Waals surface area contributed by atoms with Crippen LogP contribution in [0.4, 0.5) is 5.69 Å². The Bertz CT molecular complexity index is 988. The first-order chi connectivity index (χ1) is 13.8. The van der Waals surface area contributed by atoms with Crippen LogP contribution in [0.2, 0.25) is 0 Å². The van der Waals surface area contributed by atoms with Gasteiger partial charge in [0, 0.05) is 18.2 Å². The fourth-order valence-corrected chi connectivity index (χ4v) is 4.11. The molecule has 2 aromatic carbocycles. The van der Waals surface area contributed by atoms with E-state index >= 15 is 0 Å². The number of amides is 1. The fourth-order valence-electron chi connectivity index (χ4n) is 2.89. The van der Waals surface area contributed by atoms with Crippen LogP contribution in [0.3, 0.4) is 0 Å². The van der Waals surface area contributed by atoms with E-state index in [4.69, 9.17) is 9.47 Å². The minimum Gasteiger partial charge on any atom is -0.490 e. The Morgan fingerprint density at radius 1 is 1.00 bits per heavy atom. The number of anilines is 1. The molecule has 3 rings (SSSR count). The molecule has 0 spiro atoms. The predicted molar refractivity (Wildman–Crippen MR) is 111 cm³/mol. The second-order valence-corrected chi connectivity index (χ2v) is 8.99. The summed E-state index contributed by atoms with van der Waals surface area (Å²) in [4.78, 5) is 12.5. The molecule has 1 heterocycles. The summed E-state index contributed by atoms with van der Waals surface area (Å²) in [6, 6.07) is 11.0. The topological polar surface area (TPSA) is 93.7 Å². The molecule has 0 saturated carbocycles. The summed E-state index contributed by atoms with van der Waals surface area (Å²) >= 11 is 0. The lowest BCUT2D eigenvalue weighted by atomic mass is 10.0. The Morgan fingerprint density at radius 3 is 2.45 bits per heavy atom. The molecule has 0 radical (unpaired) electrons. The van der Waals surface area contributed by atoms with Crippen molar-refractivity contribution in [2.24, 2.45) is 0 Å². The van der Waals surface area contributed by atoms with E-state index in [1.165, 1.54) is 19.1 Å². The molecule has 2 N–H and O–H groups in total. The summed E-state index contributed by atoms with van der Waals surface area (Å²) in [5.41, 5.74) is 1.71. The first-order valence-corrected chi connectivity index (χ1v) is 11.1. The third-order valence-electron chi connectivity index (χ3n) is 4.58. The van der Waals surface area contributed by atoms with Crippen LogP contribution >= 0.6 is 0 Å². The molecule has 1 aliphatic rings. The number of benzene rings is 2. The monoisotopic (exact) mass is 418 g/mol. The van der Waals surface area contributed by atoms with Crippen molar-refractivity contribution < 1.29 is 22.7 Å². The van der Waals surface area contributed by atoms with Crippen LogP contribution in [0.15, 0.2) is 47.4 Å². The molecule has 7 nitrogen and oxygen atoms in total. The van der Waals surface area contributed by atoms with E-state index in [-0.39, 0.29) is 4.90 Å². The van der Waals surface area contributed by atoms with Gasteiger partial charge in [0.1, 0.15) is 0 Å². The van der Waals surface area contributed by atoms with Gasteiger partial charge >= 0.3 is 0 Å². The molecule has 0 bridgehead atoms. The lowest BCUT2D eigenvalue weighted by molar-refractivity contribution is -0.117. The molecule has 156 valence electrons. The highest BCUT2D eigenvalue weighted by Gasteiger charge is 2.24. The van der Waals surface area contributed by atoms with Gasteiger partial charge in [-0.2, -0.15) is 4.72 Å². The zero-order valence-corrected chi connectivity index (χ0v) is 17.6. The Balaban J connectivity index is 1.70. The van der Waals surface area contributed by atoms with E-state index in [1.54, 1.807) is 12.1 Å². The minimum absolute atomic E-state index is 0.0169. The van der Waals surface area contributed by atoms with Crippen LogP contribution in [0.1, 0.15) is 38.7 Å². The van der Waals surface area contributed by atoms with E-state index in [0.29, 0.717) is 36.3 Å². The average molecular weight is 419 g/mol. The standard InChI is InChI=1S/C21H26N2O5S/c1-14(2)16-6-4-7-17(12-16)22-21(24)15(3)23-29(25,26)18-8-9-19-20(13-18)28-11-5-10-27-19/h4,6-9,12-15,23H,5,10-11H2,1-3H3,(H,22,24)/t15-/m0/s1. The van der Waals surface area contributed by atoms with Crippen molar-refractivity contribution in [1.82, 2.24) is 4.72 Å². The van der Waals surface area contributed by atoms with Crippen LogP contribution in [0.5, 0.6) is 11.5 Å². The maximum absolute atomic E-state index is 12.7. The van der Waals surface area contributed by atoms with Crippen molar-refractivity contribution in [1.29, 1.82) is 0 Å². The quantitative estimate of drug-likeness (QED) is 0.751. The van der Waals surface area contributed by atoms with Gasteiger partial charge in [-0.15, -0.1) is 0 Å². The predicted octanol–water partition coefficient (Wildman–Crippen LogP) is 3.28. The van der Waals surface area contributed by atoms with Gasteiger partial charge in [0.25, 0.3) is 0 Å². The van der Waals surface area contributed by atoms with Crippen molar-refractivity contribution in [3.05, 3.63) is 48.0 Å². The van der Waals surface area contributed by atoms with Crippen LogP contribution in [0, 0.1) is 0 Å². The zero-order valence-electron chi connectivity index (χ0n) is 16.8. The first kappa shape index (κ1) is 21.1. The van der Waals surface area contributed by atoms with Crippen molar-refractivity contribution >= 4 is 21.6 Å². The normalized spacial score (nSPS) is 14.9. The van der Waals surface area contributed by atoms with Gasteiger partial charge in [0.05, 0.1) is 24.2 Å². The Kier molecular flexibility index (Phi) is 6.44. The third kappa shape index (κ3) is 5.27. The van der Waals surface area contributed by atoms with Crippen molar-refractivity contribution in [3.8, 4) is 11.5 Å². The lowest BCUT2D eigenvalue weighted by Crippen LogP contribution is -2.41. The maximum atomic E-state index is 12.7. The van der Waals surface area contributed by atoms with Crippen LogP contribution in [0.25, 0.3) is 0 Å². The van der Waals surface area contributed by atoms with Crippen LogP contribution < -0.4 is 19.5 Å². The molecular weight excluding hydrogens is 392 g/mol. The highest BCUT2D eigenvalue weighted by Crippen LogP contribution is 2.32. The second-order valence-electron chi connectivity index (χ2n) is 7.27. The number of ether oxygens (including phenoxy) is 2. The first-order valence-electron chi connectivity index (χ1n) is 9.59. The van der Waals surface area contributed by atoms with Gasteiger partial charge in [-0.25, -0.2) is 8.42 Å². The molecule has 0 aliphatic carbocycles. The third-order valence-corrected chi connectivity index (χ3v) is 6.11. The van der Waals surface area contributed by atoms with Gasteiger partial charge in [0.2, 0.25) is 15.9 Å². The highest BCUT2D eigenvalue weighted by atomic mass is 32.2. The van der Waals surface area contributed by atoms with Crippen molar-refractivity contribution in [3.63, 3.8) is 0 Å². The van der Waals surface area contributed by atoms with E-state index in [2.05, 4.69) is 23.9 Å². The summed E-state index contributed by atoms with van der Waals surface area (Å²) in [5.74, 6) is 0.774. The largest absolute Gasteiger partial charge is 0.490 e. The van der Waals surface area contributed by atoms with E-state index in [0.717, 1.165) is 12.0 Å². The number of nitrogens with one attached hydrogen (secondary N) is 2. The minimum atomic E-state index is -3.91. The van der Waals surface area contributed by atoms with Crippen molar-refractivity contribution in [2.75, 3.05) is 18.5 Å². The molecule has 0 saturated heterocycles. The number of carbonyl (C=O) groups excluding carboxylic acids is 1. The molecule has 2 aromatic rings.